The summed E-state index contributed by atoms with van der Waals surface area (Å²) in [6.45, 7) is 23.2. The first kappa shape index (κ1) is 55.9. The average molecular weight is 1130 g/mol. The minimum atomic E-state index is -0.488. The third-order valence-electron chi connectivity index (χ3n) is 18.7. The molecular weight excluding hydrogens is 1060 g/mol. The summed E-state index contributed by atoms with van der Waals surface area (Å²) in [5.74, 6) is -0.0974. The minimum absolute atomic E-state index is 0.00441. The van der Waals surface area contributed by atoms with Crippen LogP contribution in [0.4, 0.5) is 0 Å². The zero-order chi connectivity index (χ0) is 59.5. The molecule has 16 bridgehead atoms. The van der Waals surface area contributed by atoms with Crippen molar-refractivity contribution in [3.05, 3.63) is 183 Å². The topological polar surface area (TPSA) is 225 Å². The Labute approximate surface area is 489 Å². The van der Waals surface area contributed by atoms with Crippen LogP contribution in [0.3, 0.4) is 0 Å². The van der Waals surface area contributed by atoms with Gasteiger partial charge in [0.15, 0.2) is 11.6 Å². The summed E-state index contributed by atoms with van der Waals surface area (Å²) in [5, 5.41) is 30.4. The summed E-state index contributed by atoms with van der Waals surface area (Å²) in [5.41, 5.74) is 22.3. The highest BCUT2D eigenvalue weighted by atomic mass is 16.6. The lowest BCUT2D eigenvalue weighted by molar-refractivity contribution is -0.152. The van der Waals surface area contributed by atoms with Crippen LogP contribution in [0.25, 0.3) is 0 Å². The number of aliphatic hydroxyl groups excluding tert-OH is 2. The quantitative estimate of drug-likeness (QED) is 0.101. The molecule has 0 aromatic rings. The molecule has 10 heterocycles. The predicted octanol–water partition coefficient (Wildman–Crippen LogP) is 12.2. The molecule has 12 rings (SSSR count). The maximum absolute atomic E-state index is 13.6. The zero-order valence-corrected chi connectivity index (χ0v) is 49.9. The Bertz CT molecular complexity index is 3750. The molecule has 16 nitrogen and oxygen atoms in total. The van der Waals surface area contributed by atoms with Gasteiger partial charge in [0, 0.05) is 106 Å². The fourth-order valence-electron chi connectivity index (χ4n) is 14.0. The monoisotopic (exact) mass is 1130 g/mol. The van der Waals surface area contributed by atoms with Gasteiger partial charge in [-0.2, -0.15) is 0 Å². The molecule has 0 aromatic carbocycles. The van der Waals surface area contributed by atoms with E-state index in [4.69, 9.17) is 39.4 Å². The number of hydrogen-bond donors (Lipinski definition) is 4. The number of allylic oxidation sites excluding steroid dienone is 24. The SMILES string of the molecule is CCC1C2=CC3=C(C)C4=C(O)CC(=C5N=C(C=C6N=C(C=C(N2)C1C)C(C(C)=O)=C6C)C(C)=C5CCC(=O)OCCOC(=O)CCC1=C(C)C2=NC1=C1CC(O)=C5C1=NC(=C5C)C=C1NC(=CC5=NC(=C2)C(C)=C5C(C)=O)C(C)C1CC)C4=N3. The van der Waals surface area contributed by atoms with E-state index in [1.54, 1.807) is 13.8 Å². The van der Waals surface area contributed by atoms with E-state index in [1.165, 1.54) is 0 Å². The summed E-state index contributed by atoms with van der Waals surface area (Å²) < 4.78 is 11.4. The number of nitrogens with zero attached hydrogens (tertiary/aromatic N) is 6. The Balaban J connectivity index is 0.760. The number of nitrogens with one attached hydrogen (secondary N) is 2. The number of carbonyl (C=O) groups is 4. The van der Waals surface area contributed by atoms with E-state index in [0.29, 0.717) is 79.4 Å². The van der Waals surface area contributed by atoms with Gasteiger partial charge < -0.3 is 30.3 Å². The average Bonchev–Trinajstić information content (AvgIpc) is 2.93. The summed E-state index contributed by atoms with van der Waals surface area (Å²) >= 11 is 0. The van der Waals surface area contributed by atoms with Crippen molar-refractivity contribution in [2.45, 2.75) is 134 Å². The van der Waals surface area contributed by atoms with Crippen LogP contribution in [0.15, 0.2) is 213 Å². The van der Waals surface area contributed by atoms with Gasteiger partial charge in [0.2, 0.25) is 0 Å². The second-order valence-corrected chi connectivity index (χ2v) is 23.7. The Morgan fingerprint density at radius 1 is 0.512 bits per heavy atom. The maximum Gasteiger partial charge on any atom is 0.306 e. The number of ether oxygens (including phenoxy) is 2. The van der Waals surface area contributed by atoms with Crippen LogP contribution < -0.4 is 10.6 Å². The van der Waals surface area contributed by atoms with Gasteiger partial charge in [0.05, 0.1) is 68.5 Å². The van der Waals surface area contributed by atoms with Gasteiger partial charge in [-0.15, -0.1) is 0 Å². The van der Waals surface area contributed by atoms with Gasteiger partial charge in [0.25, 0.3) is 0 Å². The molecule has 4 N–H and O–H groups in total. The number of aliphatic hydroxyl groups is 2. The summed E-state index contributed by atoms with van der Waals surface area (Å²) in [6, 6.07) is 0. The van der Waals surface area contributed by atoms with Gasteiger partial charge in [-0.05, 0) is 162 Å². The second-order valence-electron chi connectivity index (χ2n) is 23.7. The third kappa shape index (κ3) is 9.19. The lowest BCUT2D eigenvalue weighted by Crippen LogP contribution is -2.14. The van der Waals surface area contributed by atoms with Crippen molar-refractivity contribution >= 4 is 57.8 Å². The van der Waals surface area contributed by atoms with E-state index < -0.39 is 11.9 Å². The number of Topliss-reactive ketones (excluding diaryl/α,β-unsaturated/α-hetero) is 2. The van der Waals surface area contributed by atoms with Gasteiger partial charge in [-0.1, -0.05) is 27.7 Å². The van der Waals surface area contributed by atoms with Crippen molar-refractivity contribution in [3.8, 4) is 0 Å². The van der Waals surface area contributed by atoms with Gasteiger partial charge in [0.1, 0.15) is 24.7 Å². The Morgan fingerprint density at radius 2 is 0.905 bits per heavy atom. The molecule has 2 fully saturated rings. The Hall–Kier alpha value is -8.66. The van der Waals surface area contributed by atoms with Crippen LogP contribution in [0.1, 0.15) is 134 Å². The lowest BCUT2D eigenvalue weighted by Gasteiger charge is -2.13. The molecule has 2 saturated heterocycles. The number of ketones is 2. The van der Waals surface area contributed by atoms with Gasteiger partial charge in [-0.3, -0.25) is 19.2 Å². The molecule has 0 radical (unpaired) electrons. The molecule has 4 unspecified atom stereocenters. The molecule has 430 valence electrons. The molecule has 0 saturated carbocycles. The number of hydrogen-bond acceptors (Lipinski definition) is 16. The lowest BCUT2D eigenvalue weighted by atomic mass is 9.89. The summed E-state index contributed by atoms with van der Waals surface area (Å²) in [4.78, 5) is 84.5. The van der Waals surface area contributed by atoms with Crippen LogP contribution >= 0.6 is 0 Å². The largest absolute Gasteiger partial charge is 0.511 e. The van der Waals surface area contributed by atoms with Crippen LogP contribution in [0.5, 0.6) is 0 Å². The van der Waals surface area contributed by atoms with Gasteiger partial charge in [-0.25, -0.2) is 30.0 Å². The molecule has 2 aliphatic carbocycles. The van der Waals surface area contributed by atoms with E-state index in [1.807, 2.05) is 65.8 Å². The second kappa shape index (κ2) is 21.2. The van der Waals surface area contributed by atoms with Crippen LogP contribution in [-0.4, -0.2) is 81.2 Å². The third-order valence-corrected chi connectivity index (χ3v) is 18.7. The van der Waals surface area contributed by atoms with E-state index in [2.05, 4.69) is 50.5 Å². The van der Waals surface area contributed by atoms with Crippen molar-refractivity contribution in [1.29, 1.82) is 0 Å². The molecule has 0 aromatic heterocycles. The highest BCUT2D eigenvalue weighted by Crippen LogP contribution is 2.48. The minimum Gasteiger partial charge on any atom is -0.511 e. The normalized spacial score (nSPS) is 24.9. The first-order valence-electron chi connectivity index (χ1n) is 29.4. The fourth-order valence-corrected chi connectivity index (χ4v) is 14.0. The summed E-state index contributed by atoms with van der Waals surface area (Å²) in [7, 11) is 0. The van der Waals surface area contributed by atoms with Crippen molar-refractivity contribution in [3.63, 3.8) is 0 Å². The first-order chi connectivity index (χ1) is 40.1. The standard InChI is InChI=1S/C68H70N8O8/c1-13-39-29(3)45-27-55-61(37(11)77)33(7)49(71-55)23-47-31(5)41(65(73-47)43-21-57(79)63-35(9)51(75-67(43)63)25-53(39)69-45)15-17-59(81)83-19-20-84-60(82)18-16-42-32(6)48-24-50-34(8)62(38(12)78)56(72-50)28-46-30(4)40(14-2)54(70-46)26-52-36(10)64-58(80)22-44(66(42)74-48)68(64)76-52/h23-30,39-40,69-70,79-80H,13-22H2,1-12H3. The molecule has 10 aliphatic heterocycles. The zero-order valence-electron chi connectivity index (χ0n) is 49.9. The summed E-state index contributed by atoms with van der Waals surface area (Å²) in [6.07, 6.45) is 14.6. The molecule has 16 heteroatoms. The van der Waals surface area contributed by atoms with Crippen molar-refractivity contribution in [2.24, 2.45) is 53.6 Å². The predicted molar refractivity (Wildman–Crippen MR) is 326 cm³/mol. The van der Waals surface area contributed by atoms with E-state index in [0.717, 1.165) is 103 Å². The Kier molecular flexibility index (Phi) is 14.1. The van der Waals surface area contributed by atoms with Crippen LogP contribution in [-0.2, 0) is 28.7 Å². The van der Waals surface area contributed by atoms with Crippen molar-refractivity contribution in [1.82, 2.24) is 10.6 Å². The van der Waals surface area contributed by atoms with Crippen molar-refractivity contribution in [2.75, 3.05) is 13.2 Å². The fraction of sp³-hybridized carbons (Fsp3) is 0.382. The molecule has 4 atom stereocenters. The van der Waals surface area contributed by atoms with Gasteiger partial charge >= 0.3 is 11.9 Å². The number of aliphatic imine (C=N–C) groups is 6. The van der Waals surface area contributed by atoms with E-state index in [-0.39, 0.29) is 98.5 Å². The maximum atomic E-state index is 13.6. The first-order valence-corrected chi connectivity index (χ1v) is 29.4. The number of esters is 2. The molecular formula is C68H70N8O8. The van der Waals surface area contributed by atoms with Crippen molar-refractivity contribution < 1.29 is 38.9 Å². The Morgan fingerprint density at radius 3 is 1.27 bits per heavy atom. The smallest absolute Gasteiger partial charge is 0.306 e. The molecule has 0 spiro atoms. The molecule has 84 heavy (non-hydrogen) atoms. The van der Waals surface area contributed by atoms with Crippen LogP contribution in [0, 0.1) is 23.7 Å². The van der Waals surface area contributed by atoms with Crippen LogP contribution in [0.2, 0.25) is 0 Å². The number of fused-ring (bicyclic) bond motifs is 10. The van der Waals surface area contributed by atoms with E-state index in [9.17, 15) is 29.4 Å². The van der Waals surface area contributed by atoms with E-state index >= 15 is 0 Å². The number of rotatable bonds is 13. The highest BCUT2D eigenvalue weighted by Gasteiger charge is 2.42. The number of carbonyl (C=O) groups excluding carboxylic acids is 4. The highest BCUT2D eigenvalue weighted by molar-refractivity contribution is 6.31. The molecule has 0 amide bonds. The molecule has 12 aliphatic rings.